The van der Waals surface area contributed by atoms with Crippen molar-refractivity contribution in [3.63, 3.8) is 0 Å². The minimum Gasteiger partial charge on any atom is -0.404 e. The predicted octanol–water partition coefficient (Wildman–Crippen LogP) is 1.56. The van der Waals surface area contributed by atoms with Crippen molar-refractivity contribution in [2.75, 3.05) is 26.3 Å². The molecule has 0 aromatic carbocycles. The number of halogens is 1. The van der Waals surface area contributed by atoms with Gasteiger partial charge in [0.15, 0.2) is 0 Å². The first-order valence-corrected chi connectivity index (χ1v) is 6.75. The zero-order valence-corrected chi connectivity index (χ0v) is 11.9. The van der Waals surface area contributed by atoms with Crippen molar-refractivity contribution in [3.05, 3.63) is 38.1 Å². The summed E-state index contributed by atoms with van der Waals surface area (Å²) in [5.41, 5.74) is 0. The number of furan rings is 1. The van der Waals surface area contributed by atoms with E-state index < -0.39 is 26.7 Å². The second-order valence-corrected chi connectivity index (χ2v) is 5.12. The molecule has 2 heterocycles. The van der Waals surface area contributed by atoms with Crippen LogP contribution in [0, 0.1) is 20.2 Å². The molecule has 1 aliphatic rings. The highest BCUT2D eigenvalue weighted by molar-refractivity contribution is 9.09. The lowest BCUT2D eigenvalue weighted by Gasteiger charge is -2.32. The zero-order valence-electron chi connectivity index (χ0n) is 10.3. The molecule has 0 amide bonds. The molecule has 0 aliphatic carbocycles. The smallest absolute Gasteiger partial charge is 0.404 e. The van der Waals surface area contributed by atoms with Crippen molar-refractivity contribution in [1.82, 2.24) is 4.90 Å². The number of nitro groups is 2. The topological polar surface area (TPSA) is 112 Å². The maximum absolute atomic E-state index is 11.0. The van der Waals surface area contributed by atoms with E-state index >= 15 is 0 Å². The van der Waals surface area contributed by atoms with Gasteiger partial charge in [-0.15, -0.1) is 0 Å². The predicted molar refractivity (Wildman–Crippen MR) is 70.2 cm³/mol. The van der Waals surface area contributed by atoms with Crippen LogP contribution in [0.2, 0.25) is 0 Å². The Kier molecular flexibility index (Phi) is 4.68. The fourth-order valence-electron chi connectivity index (χ4n) is 2.06. The molecule has 0 bridgehead atoms. The lowest BCUT2D eigenvalue weighted by molar-refractivity contribution is -0.502. The van der Waals surface area contributed by atoms with Crippen LogP contribution in [0.15, 0.2) is 16.5 Å². The van der Waals surface area contributed by atoms with E-state index in [1.807, 2.05) is 4.90 Å². The Morgan fingerprint density at radius 1 is 1.25 bits per heavy atom. The summed E-state index contributed by atoms with van der Waals surface area (Å²) in [6, 6.07) is 1.88. The second-order valence-electron chi connectivity index (χ2n) is 4.18. The molecule has 1 aromatic rings. The second kappa shape index (κ2) is 6.29. The first kappa shape index (κ1) is 14.9. The van der Waals surface area contributed by atoms with Crippen molar-refractivity contribution in [3.8, 4) is 0 Å². The van der Waals surface area contributed by atoms with E-state index in [4.69, 9.17) is 9.15 Å². The molecule has 1 aromatic heterocycles. The highest BCUT2D eigenvalue weighted by Gasteiger charge is 2.39. The van der Waals surface area contributed by atoms with E-state index in [0.717, 1.165) is 0 Å². The summed E-state index contributed by atoms with van der Waals surface area (Å²) in [6.45, 7) is 1.90. The van der Waals surface area contributed by atoms with Gasteiger partial charge >= 0.3 is 5.88 Å². The van der Waals surface area contributed by atoms with Crippen LogP contribution in [-0.2, 0) is 4.74 Å². The minimum absolute atomic E-state index is 0.192. The number of nitrogens with zero attached hydrogens (tertiary/aromatic N) is 3. The van der Waals surface area contributed by atoms with Gasteiger partial charge in [-0.05, 0) is 22.0 Å². The van der Waals surface area contributed by atoms with Crippen molar-refractivity contribution in [2.45, 2.75) is 11.0 Å². The molecule has 2 rings (SSSR count). The first-order valence-electron chi connectivity index (χ1n) is 5.84. The molecular formula is C10H12BrN3O6. The Morgan fingerprint density at radius 2 is 1.90 bits per heavy atom. The van der Waals surface area contributed by atoms with Crippen molar-refractivity contribution >= 4 is 21.8 Å². The molecule has 0 radical (unpaired) electrons. The van der Waals surface area contributed by atoms with Crippen molar-refractivity contribution < 1.29 is 19.0 Å². The Labute approximate surface area is 121 Å². The lowest BCUT2D eigenvalue weighted by atomic mass is 10.2. The van der Waals surface area contributed by atoms with E-state index in [2.05, 4.69) is 15.9 Å². The van der Waals surface area contributed by atoms with Gasteiger partial charge in [0.05, 0.1) is 19.3 Å². The quantitative estimate of drug-likeness (QED) is 0.343. The van der Waals surface area contributed by atoms with Gasteiger partial charge in [0.25, 0.3) is 4.95 Å². The van der Waals surface area contributed by atoms with Gasteiger partial charge in [-0.1, -0.05) is 0 Å². The van der Waals surface area contributed by atoms with Crippen molar-refractivity contribution in [2.24, 2.45) is 0 Å². The Balaban J connectivity index is 2.28. The molecule has 1 fully saturated rings. The molecule has 1 aliphatic heterocycles. The highest BCUT2D eigenvalue weighted by atomic mass is 79.9. The fraction of sp³-hybridized carbons (Fsp3) is 0.600. The van der Waals surface area contributed by atoms with Crippen LogP contribution in [0.5, 0.6) is 0 Å². The van der Waals surface area contributed by atoms with Gasteiger partial charge in [0.1, 0.15) is 16.7 Å². The summed E-state index contributed by atoms with van der Waals surface area (Å²) in [5, 5.41) is 21.7. The van der Waals surface area contributed by atoms with Gasteiger partial charge in [-0.25, -0.2) is 0 Å². The first-order chi connectivity index (χ1) is 9.50. The number of ether oxygens (including phenoxy) is 1. The number of rotatable bonds is 5. The van der Waals surface area contributed by atoms with E-state index in [-0.39, 0.29) is 5.76 Å². The molecule has 0 saturated carbocycles. The molecule has 0 N–H and O–H groups in total. The van der Waals surface area contributed by atoms with Crippen molar-refractivity contribution in [1.29, 1.82) is 0 Å². The normalized spacial score (nSPS) is 19.4. The van der Waals surface area contributed by atoms with Gasteiger partial charge in [0, 0.05) is 18.0 Å². The Morgan fingerprint density at radius 3 is 2.40 bits per heavy atom. The number of hydrogen-bond donors (Lipinski definition) is 0. The van der Waals surface area contributed by atoms with Gasteiger partial charge in [0.2, 0.25) is 0 Å². The van der Waals surface area contributed by atoms with E-state index in [1.54, 1.807) is 0 Å². The van der Waals surface area contributed by atoms with Crippen LogP contribution in [0.3, 0.4) is 0 Å². The molecule has 9 nitrogen and oxygen atoms in total. The monoisotopic (exact) mass is 349 g/mol. The maximum atomic E-state index is 11.0. The van der Waals surface area contributed by atoms with Crippen LogP contribution in [0.4, 0.5) is 5.88 Å². The summed E-state index contributed by atoms with van der Waals surface area (Å²) in [5.74, 6) is -0.238. The van der Waals surface area contributed by atoms with Gasteiger partial charge in [-0.3, -0.25) is 25.1 Å². The molecule has 110 valence electrons. The third kappa shape index (κ3) is 3.14. The summed E-state index contributed by atoms with van der Waals surface area (Å²) >= 11 is 3.02. The number of alkyl halides is 1. The fourth-order valence-corrected chi connectivity index (χ4v) is 2.65. The standard InChI is InChI=1S/C10H12BrN3O6/c11-10(14(17)18)9(12-3-5-19-6-4-12)7-1-2-8(20-7)13(15)16/h1-2,9-10H,3-6H2. The lowest BCUT2D eigenvalue weighted by Crippen LogP contribution is -2.43. The average Bonchev–Trinajstić information content (AvgIpc) is 2.89. The average molecular weight is 350 g/mol. The molecular weight excluding hydrogens is 338 g/mol. The maximum Gasteiger partial charge on any atom is 0.433 e. The van der Waals surface area contributed by atoms with E-state index in [9.17, 15) is 20.2 Å². The van der Waals surface area contributed by atoms with Gasteiger partial charge in [-0.2, -0.15) is 0 Å². The number of hydrogen-bond acceptors (Lipinski definition) is 7. The van der Waals surface area contributed by atoms with Crippen LogP contribution >= 0.6 is 15.9 Å². The molecule has 0 spiro atoms. The Hall–Kier alpha value is -1.52. The summed E-state index contributed by atoms with van der Waals surface area (Å²) in [6.07, 6.45) is 0. The summed E-state index contributed by atoms with van der Waals surface area (Å²) < 4.78 is 10.3. The van der Waals surface area contributed by atoms with Crippen LogP contribution in [0.1, 0.15) is 11.8 Å². The minimum atomic E-state index is -1.12. The largest absolute Gasteiger partial charge is 0.433 e. The van der Waals surface area contributed by atoms with Gasteiger partial charge < -0.3 is 9.15 Å². The van der Waals surface area contributed by atoms with E-state index in [0.29, 0.717) is 26.3 Å². The summed E-state index contributed by atoms with van der Waals surface area (Å²) in [4.78, 5) is 21.2. The van der Waals surface area contributed by atoms with Crippen LogP contribution in [0.25, 0.3) is 0 Å². The molecule has 20 heavy (non-hydrogen) atoms. The third-order valence-electron chi connectivity index (χ3n) is 2.99. The number of morpholine rings is 1. The third-order valence-corrected chi connectivity index (χ3v) is 3.82. The van der Waals surface area contributed by atoms with Crippen LogP contribution in [-0.4, -0.2) is 46.0 Å². The summed E-state index contributed by atoms with van der Waals surface area (Å²) in [7, 11) is 0. The molecule has 1 saturated heterocycles. The SMILES string of the molecule is O=[N+]([O-])c1ccc(C(C(Br)[N+](=O)[O-])N2CCOCC2)o1. The Bertz CT molecular complexity index is 501. The molecule has 10 heteroatoms. The molecule has 2 atom stereocenters. The molecule has 2 unspecified atom stereocenters. The van der Waals surface area contributed by atoms with E-state index in [1.165, 1.54) is 12.1 Å². The zero-order chi connectivity index (χ0) is 14.7. The van der Waals surface area contributed by atoms with Crippen LogP contribution < -0.4 is 0 Å². The highest BCUT2D eigenvalue weighted by Crippen LogP contribution is 2.33.